The lowest BCUT2D eigenvalue weighted by Gasteiger charge is -2.33. The molecule has 1 N–H and O–H groups in total. The summed E-state index contributed by atoms with van der Waals surface area (Å²) >= 11 is 6.35. The molecule has 0 aliphatic rings. The number of carbonyl (C=O) groups is 2. The predicted molar refractivity (Wildman–Crippen MR) is 156 cm³/mol. The number of carbonyl (C=O) groups excluding carboxylic acids is 2. The minimum atomic E-state index is -4.21. The summed E-state index contributed by atoms with van der Waals surface area (Å²) in [6, 6.07) is 15.7. The van der Waals surface area contributed by atoms with Crippen LogP contribution in [0.4, 0.5) is 10.1 Å². The lowest BCUT2D eigenvalue weighted by atomic mass is 10.1. The van der Waals surface area contributed by atoms with Crippen LogP contribution in [-0.4, -0.2) is 43.3 Å². The fourth-order valence-electron chi connectivity index (χ4n) is 3.95. The van der Waals surface area contributed by atoms with Gasteiger partial charge in [0.05, 0.1) is 10.6 Å². The van der Waals surface area contributed by atoms with E-state index >= 15 is 0 Å². The average molecular weight is 588 g/mol. The number of aryl methyl sites for hydroxylation is 2. The molecule has 0 aromatic heterocycles. The SMILES string of the molecule is Cc1ccc(S(=O)(=O)N(CC(=O)N(Cc2ccc(F)cc2)[C@@H](C)C(=O)NC(C)(C)C)c2ccc(C)c(Cl)c2)cc1. The van der Waals surface area contributed by atoms with E-state index in [1.54, 1.807) is 38.1 Å². The van der Waals surface area contributed by atoms with Crippen LogP contribution in [0.5, 0.6) is 0 Å². The molecule has 0 unspecified atom stereocenters. The quantitative estimate of drug-likeness (QED) is 0.352. The molecule has 0 bridgehead atoms. The van der Waals surface area contributed by atoms with E-state index in [-0.39, 0.29) is 17.1 Å². The first kappa shape index (κ1) is 31.1. The Bertz CT molecular complexity index is 1470. The normalized spacial score (nSPS) is 12.5. The van der Waals surface area contributed by atoms with E-state index in [0.29, 0.717) is 10.6 Å². The second kappa shape index (κ2) is 12.4. The van der Waals surface area contributed by atoms with Gasteiger partial charge in [-0.15, -0.1) is 0 Å². The Balaban J connectivity index is 2.06. The third-order valence-corrected chi connectivity index (χ3v) is 8.46. The topological polar surface area (TPSA) is 86.8 Å². The van der Waals surface area contributed by atoms with Crippen LogP contribution in [0.25, 0.3) is 0 Å². The van der Waals surface area contributed by atoms with Crippen molar-refractivity contribution in [3.8, 4) is 0 Å². The maximum absolute atomic E-state index is 13.9. The van der Waals surface area contributed by atoms with Gasteiger partial charge in [0.1, 0.15) is 18.4 Å². The minimum absolute atomic E-state index is 0.00575. The zero-order valence-corrected chi connectivity index (χ0v) is 25.1. The zero-order chi connectivity index (χ0) is 29.8. The van der Waals surface area contributed by atoms with Gasteiger partial charge in [0.2, 0.25) is 11.8 Å². The highest BCUT2D eigenvalue weighted by atomic mass is 35.5. The van der Waals surface area contributed by atoms with Gasteiger partial charge in [0, 0.05) is 17.1 Å². The first-order chi connectivity index (χ1) is 18.6. The van der Waals surface area contributed by atoms with Crippen molar-refractivity contribution in [2.45, 2.75) is 64.6 Å². The molecule has 3 rings (SSSR count). The molecule has 0 spiro atoms. The van der Waals surface area contributed by atoms with Crippen LogP contribution in [0.1, 0.15) is 44.4 Å². The van der Waals surface area contributed by atoms with Crippen LogP contribution in [0, 0.1) is 19.7 Å². The number of amides is 2. The van der Waals surface area contributed by atoms with Gasteiger partial charge in [-0.05, 0) is 89.1 Å². The first-order valence-electron chi connectivity index (χ1n) is 12.8. The predicted octanol–water partition coefficient (Wildman–Crippen LogP) is 5.62. The van der Waals surface area contributed by atoms with Crippen LogP contribution in [0.2, 0.25) is 5.02 Å². The molecule has 0 radical (unpaired) electrons. The van der Waals surface area contributed by atoms with Gasteiger partial charge in [-0.1, -0.05) is 47.5 Å². The van der Waals surface area contributed by atoms with Crippen molar-refractivity contribution in [3.63, 3.8) is 0 Å². The highest BCUT2D eigenvalue weighted by Gasteiger charge is 2.33. The summed E-state index contributed by atoms with van der Waals surface area (Å²) in [5.41, 5.74) is 1.85. The van der Waals surface area contributed by atoms with E-state index in [4.69, 9.17) is 11.6 Å². The lowest BCUT2D eigenvalue weighted by molar-refractivity contribution is -0.140. The molecule has 1 atom stereocenters. The molecule has 0 heterocycles. The van der Waals surface area contributed by atoms with E-state index in [9.17, 15) is 22.4 Å². The van der Waals surface area contributed by atoms with Crippen molar-refractivity contribution in [3.05, 3.63) is 94.3 Å². The fraction of sp³-hybridized carbons (Fsp3) is 0.333. The smallest absolute Gasteiger partial charge is 0.264 e. The van der Waals surface area contributed by atoms with Gasteiger partial charge in [0.25, 0.3) is 10.0 Å². The van der Waals surface area contributed by atoms with Crippen LogP contribution >= 0.6 is 11.6 Å². The van der Waals surface area contributed by atoms with Crippen molar-refractivity contribution >= 4 is 39.1 Å². The molecule has 3 aromatic carbocycles. The first-order valence-corrected chi connectivity index (χ1v) is 14.6. The second-order valence-electron chi connectivity index (χ2n) is 10.8. The number of sulfonamides is 1. The Morgan fingerprint density at radius 1 is 0.975 bits per heavy atom. The largest absolute Gasteiger partial charge is 0.350 e. The van der Waals surface area contributed by atoms with Crippen LogP contribution in [0.3, 0.4) is 0 Å². The zero-order valence-electron chi connectivity index (χ0n) is 23.5. The Morgan fingerprint density at radius 3 is 2.12 bits per heavy atom. The Hall–Kier alpha value is -3.43. The summed E-state index contributed by atoms with van der Waals surface area (Å²) in [6.45, 7) is 10.0. The fourth-order valence-corrected chi connectivity index (χ4v) is 5.53. The number of rotatable bonds is 9. The van der Waals surface area contributed by atoms with Gasteiger partial charge in [-0.2, -0.15) is 0 Å². The summed E-state index contributed by atoms with van der Waals surface area (Å²) in [5, 5.41) is 3.21. The molecule has 214 valence electrons. The number of anilines is 1. The molecule has 3 aromatic rings. The molecule has 40 heavy (non-hydrogen) atoms. The summed E-state index contributed by atoms with van der Waals surface area (Å²) in [5.74, 6) is -1.46. The van der Waals surface area contributed by atoms with Crippen LogP contribution in [0.15, 0.2) is 71.6 Å². The van der Waals surface area contributed by atoms with E-state index in [0.717, 1.165) is 15.4 Å². The lowest BCUT2D eigenvalue weighted by Crippen LogP contribution is -2.54. The monoisotopic (exact) mass is 587 g/mol. The molecule has 0 fully saturated rings. The number of hydrogen-bond donors (Lipinski definition) is 1. The Kier molecular flexibility index (Phi) is 9.64. The maximum Gasteiger partial charge on any atom is 0.264 e. The van der Waals surface area contributed by atoms with Crippen molar-refractivity contribution in [1.29, 1.82) is 0 Å². The molecule has 0 saturated carbocycles. The van der Waals surface area contributed by atoms with Gasteiger partial charge < -0.3 is 10.2 Å². The minimum Gasteiger partial charge on any atom is -0.350 e. The number of benzene rings is 3. The third kappa shape index (κ3) is 7.82. The van der Waals surface area contributed by atoms with E-state index in [1.165, 1.54) is 47.4 Å². The van der Waals surface area contributed by atoms with Crippen molar-refractivity contribution in [2.24, 2.45) is 0 Å². The van der Waals surface area contributed by atoms with Crippen molar-refractivity contribution in [1.82, 2.24) is 10.2 Å². The van der Waals surface area contributed by atoms with E-state index in [2.05, 4.69) is 5.32 Å². The maximum atomic E-state index is 13.9. The second-order valence-corrected chi connectivity index (χ2v) is 13.1. The van der Waals surface area contributed by atoms with E-state index < -0.39 is 45.8 Å². The van der Waals surface area contributed by atoms with Gasteiger partial charge in [-0.25, -0.2) is 12.8 Å². The highest BCUT2D eigenvalue weighted by molar-refractivity contribution is 7.92. The van der Waals surface area contributed by atoms with Gasteiger partial charge in [-0.3, -0.25) is 13.9 Å². The summed E-state index contributed by atoms with van der Waals surface area (Å²) in [4.78, 5) is 28.3. The molecule has 7 nitrogen and oxygen atoms in total. The summed E-state index contributed by atoms with van der Waals surface area (Å²) in [6.07, 6.45) is 0. The van der Waals surface area contributed by atoms with Crippen LogP contribution in [-0.2, 0) is 26.2 Å². The summed E-state index contributed by atoms with van der Waals surface area (Å²) < 4.78 is 42.3. The van der Waals surface area contributed by atoms with Gasteiger partial charge in [0.15, 0.2) is 0 Å². The summed E-state index contributed by atoms with van der Waals surface area (Å²) in [7, 11) is -4.21. The number of halogens is 2. The Morgan fingerprint density at radius 2 is 1.57 bits per heavy atom. The standard InChI is InChI=1S/C30H35ClFN3O4S/c1-20-7-15-26(16-8-20)40(38,39)35(25-14-9-21(2)27(31)17-25)19-28(36)34(18-23-10-12-24(32)13-11-23)22(3)29(37)33-30(4,5)6/h7-17,22H,18-19H2,1-6H3,(H,33,37)/t22-/m0/s1. The molecule has 2 amide bonds. The molecule has 0 aliphatic carbocycles. The molecule has 0 aliphatic heterocycles. The van der Waals surface area contributed by atoms with Crippen LogP contribution < -0.4 is 9.62 Å². The third-order valence-electron chi connectivity index (χ3n) is 6.26. The highest BCUT2D eigenvalue weighted by Crippen LogP contribution is 2.29. The molecular formula is C30H35ClFN3O4S. The number of nitrogens with zero attached hydrogens (tertiary/aromatic N) is 2. The average Bonchev–Trinajstić information content (AvgIpc) is 2.87. The van der Waals surface area contributed by atoms with Crippen molar-refractivity contribution < 1.29 is 22.4 Å². The molecular weight excluding hydrogens is 553 g/mol. The Labute approximate surface area is 241 Å². The number of hydrogen-bond acceptors (Lipinski definition) is 4. The molecule has 10 heteroatoms. The van der Waals surface area contributed by atoms with Gasteiger partial charge >= 0.3 is 0 Å². The number of nitrogens with one attached hydrogen (secondary N) is 1. The van der Waals surface area contributed by atoms with E-state index in [1.807, 2.05) is 27.7 Å². The molecule has 0 saturated heterocycles. The van der Waals surface area contributed by atoms with Crippen molar-refractivity contribution in [2.75, 3.05) is 10.8 Å².